The van der Waals surface area contributed by atoms with E-state index in [1.807, 2.05) is 136 Å². The van der Waals surface area contributed by atoms with E-state index in [0.717, 1.165) is 25.7 Å². The van der Waals surface area contributed by atoms with Gasteiger partial charge in [0.2, 0.25) is 0 Å². The molecular formula is C95H110S12Si. The van der Waals surface area contributed by atoms with E-state index >= 15 is 0 Å². The minimum atomic E-state index is -1.52. The first kappa shape index (κ1) is 81.4. The molecule has 0 atom stereocenters. The molecule has 0 aliphatic rings. The molecule has 566 valence electrons. The maximum absolute atomic E-state index is 3.68. The Morgan fingerprint density at radius 3 is 0.759 bits per heavy atom. The molecule has 0 fully saturated rings. The lowest BCUT2D eigenvalue weighted by atomic mass is 9.99. The van der Waals surface area contributed by atoms with Gasteiger partial charge in [-0.2, -0.15) is 0 Å². The zero-order valence-corrected chi connectivity index (χ0v) is 76.2. The Labute approximate surface area is 697 Å². The van der Waals surface area contributed by atoms with Crippen LogP contribution in [0.3, 0.4) is 0 Å². The zero-order chi connectivity index (χ0) is 74.8. The van der Waals surface area contributed by atoms with E-state index in [1.165, 1.54) is 324 Å². The average Bonchev–Trinajstić information content (AvgIpc) is 1.62. The fraction of sp³-hybridized carbons (Fsp3) is 0.411. The molecular weight excluding hydrogens is 1550 g/mol. The Kier molecular flexibility index (Phi) is 30.5. The van der Waals surface area contributed by atoms with Crippen LogP contribution >= 0.6 is 136 Å². The molecule has 0 saturated carbocycles. The van der Waals surface area contributed by atoms with E-state index in [0.29, 0.717) is 0 Å². The Hall–Kier alpha value is -4.60. The Morgan fingerprint density at radius 2 is 0.481 bits per heavy atom. The monoisotopic (exact) mass is 1660 g/mol. The van der Waals surface area contributed by atoms with Gasteiger partial charge in [0, 0.05) is 102 Å². The molecule has 108 heavy (non-hydrogen) atoms. The third-order valence-electron chi connectivity index (χ3n) is 20.6. The number of thiophene rings is 12. The number of hydrogen-bond acceptors (Lipinski definition) is 12. The largest absolute Gasteiger partial charge is 0.143 e. The van der Waals surface area contributed by atoms with Crippen LogP contribution in [0.1, 0.15) is 234 Å². The summed E-state index contributed by atoms with van der Waals surface area (Å²) in [7, 11) is -1.52. The molecule has 0 amide bonds. The van der Waals surface area contributed by atoms with Gasteiger partial charge in [0.25, 0.3) is 0 Å². The van der Waals surface area contributed by atoms with E-state index in [-0.39, 0.29) is 0 Å². The Balaban J connectivity index is 0.888. The van der Waals surface area contributed by atoms with Crippen molar-refractivity contribution in [3.8, 4) is 131 Å². The summed E-state index contributed by atoms with van der Waals surface area (Å²) in [5, 5.41) is 4.63. The predicted octanol–water partition coefficient (Wildman–Crippen LogP) is 36.4. The standard InChI is InChI=1S/C95H110S12Si/c1-10-16-22-28-34-65-52-55-96-90(65)81-46-40-75(99-81)77-43-49-84(102-77)93-68(37-31-25-19-13-4)62-87(105-93)71-58-72(88-63-69(38-32-26-20-14-5)94(106-88)85-50-44-78(103-85)76-41-47-82(100-76)91-66(53-56-97-91)35-29-23-17-11-2)60-73(59-71)89-64-70(39-33-27-21-15-6)95(107-89)86-51-45-80(104-86)79-42-48-83(101-79)92-67(36-30-24-18-12-3)61-74(98-92)54-57-108(7,8)9/h40-53,55-56,58-64H,10-39H2,1-9H3. The van der Waals surface area contributed by atoms with Crippen molar-refractivity contribution in [2.24, 2.45) is 0 Å². The van der Waals surface area contributed by atoms with Gasteiger partial charge < -0.3 is 0 Å². The van der Waals surface area contributed by atoms with Crippen molar-refractivity contribution in [2.75, 3.05) is 0 Å². The normalized spacial score (nSPS) is 11.9. The van der Waals surface area contributed by atoms with Crippen LogP contribution in [0.2, 0.25) is 19.6 Å². The molecule has 13 heteroatoms. The molecule has 0 saturated heterocycles. The molecule has 0 radical (unpaired) electrons. The van der Waals surface area contributed by atoms with Crippen LogP contribution in [0.5, 0.6) is 0 Å². The van der Waals surface area contributed by atoms with Gasteiger partial charge in [-0.1, -0.05) is 183 Å². The van der Waals surface area contributed by atoms with E-state index in [2.05, 4.69) is 211 Å². The molecule has 0 spiro atoms. The summed E-state index contributed by atoms with van der Waals surface area (Å²) in [5.74, 6) is 3.65. The Bertz CT molecular complexity index is 4800. The molecule has 0 aliphatic heterocycles. The minimum Gasteiger partial charge on any atom is -0.143 e. The Morgan fingerprint density at radius 1 is 0.231 bits per heavy atom. The number of benzene rings is 1. The summed E-state index contributed by atoms with van der Waals surface area (Å²) in [6.07, 6.45) is 37.2. The van der Waals surface area contributed by atoms with Crippen LogP contribution in [-0.2, 0) is 38.5 Å². The summed E-state index contributed by atoms with van der Waals surface area (Å²) in [4.78, 5) is 30.8. The molecule has 0 N–H and O–H groups in total. The minimum absolute atomic E-state index is 1.09. The predicted molar refractivity (Wildman–Crippen MR) is 503 cm³/mol. The summed E-state index contributed by atoms with van der Waals surface area (Å²) < 4.78 is 0. The second kappa shape index (κ2) is 40.4. The highest BCUT2D eigenvalue weighted by molar-refractivity contribution is 7.31. The van der Waals surface area contributed by atoms with Crippen molar-refractivity contribution < 1.29 is 0 Å². The highest BCUT2D eigenvalue weighted by Crippen LogP contribution is 2.53. The van der Waals surface area contributed by atoms with Gasteiger partial charge in [0.15, 0.2) is 0 Å². The van der Waals surface area contributed by atoms with Crippen molar-refractivity contribution in [3.05, 3.63) is 176 Å². The number of aryl methyl sites for hydroxylation is 6. The molecule has 0 nitrogen and oxygen atoms in total. The third-order valence-corrected chi connectivity index (χ3v) is 36.3. The van der Waals surface area contributed by atoms with Crippen molar-refractivity contribution >= 4 is 144 Å². The molecule has 13 rings (SSSR count). The third kappa shape index (κ3) is 21.2. The van der Waals surface area contributed by atoms with Crippen LogP contribution in [0.25, 0.3) is 119 Å². The van der Waals surface area contributed by atoms with E-state index in [1.54, 1.807) is 0 Å². The zero-order valence-electron chi connectivity index (χ0n) is 65.4. The van der Waals surface area contributed by atoms with Crippen LogP contribution in [0.15, 0.2) is 138 Å². The number of rotatable bonds is 42. The van der Waals surface area contributed by atoms with Gasteiger partial charge in [-0.05, 0) is 265 Å². The van der Waals surface area contributed by atoms with Crippen LogP contribution in [0, 0.1) is 11.5 Å². The van der Waals surface area contributed by atoms with Crippen LogP contribution in [0.4, 0.5) is 0 Å². The molecule has 12 heterocycles. The molecule has 0 aliphatic carbocycles. The summed E-state index contributed by atoms with van der Waals surface area (Å²) >= 11 is 23.9. The second-order valence-electron chi connectivity index (χ2n) is 30.6. The first-order valence-electron chi connectivity index (χ1n) is 40.8. The number of hydrogen-bond donors (Lipinski definition) is 0. The highest BCUT2D eigenvalue weighted by atomic mass is 32.1. The van der Waals surface area contributed by atoms with Gasteiger partial charge in [-0.3, -0.25) is 0 Å². The van der Waals surface area contributed by atoms with E-state index in [4.69, 9.17) is 0 Å². The summed E-state index contributed by atoms with van der Waals surface area (Å²) in [6, 6.07) is 51.9. The van der Waals surface area contributed by atoms with Gasteiger partial charge >= 0.3 is 0 Å². The molecule has 13 aromatic rings. The maximum atomic E-state index is 3.68. The molecule has 0 unspecified atom stereocenters. The highest BCUT2D eigenvalue weighted by Gasteiger charge is 2.25. The van der Waals surface area contributed by atoms with Crippen LogP contribution in [-0.4, -0.2) is 8.07 Å². The van der Waals surface area contributed by atoms with E-state index in [9.17, 15) is 0 Å². The fourth-order valence-corrected chi connectivity index (χ4v) is 29.0. The first-order chi connectivity index (χ1) is 52.9. The van der Waals surface area contributed by atoms with E-state index < -0.39 is 8.07 Å². The lowest BCUT2D eigenvalue weighted by molar-refractivity contribution is 0.668. The van der Waals surface area contributed by atoms with Gasteiger partial charge in [-0.15, -0.1) is 142 Å². The average molecular weight is 1660 g/mol. The number of unbranched alkanes of at least 4 members (excludes halogenated alkanes) is 18. The molecule has 0 bridgehead atoms. The smallest absolute Gasteiger partial charge is 0.129 e. The first-order valence-corrected chi connectivity index (χ1v) is 54.2. The van der Waals surface area contributed by atoms with Gasteiger partial charge in [0.1, 0.15) is 8.07 Å². The summed E-state index contributed by atoms with van der Waals surface area (Å²) in [5.41, 5.74) is 16.8. The lowest BCUT2D eigenvalue weighted by Crippen LogP contribution is -2.16. The van der Waals surface area contributed by atoms with Crippen molar-refractivity contribution in [1.29, 1.82) is 0 Å². The summed E-state index contributed by atoms with van der Waals surface area (Å²) in [6.45, 7) is 21.0. The second-order valence-corrected chi connectivity index (χ2v) is 47.9. The van der Waals surface area contributed by atoms with Crippen molar-refractivity contribution in [1.82, 2.24) is 0 Å². The fourth-order valence-electron chi connectivity index (χ4n) is 14.6. The SMILES string of the molecule is CCCCCCc1ccsc1-c1ccc(-c2ccc(-c3sc(-c4cc(-c5cc(CCCCCC)c(-c6ccc(-c7ccc(-c8sccc8CCCCCC)s7)s6)s5)cc(-c5cc(CCCCCC)c(-c6ccc(-c7ccc(-c8sc(C#C[Si](C)(C)C)cc8CCCCCC)s7)s6)s5)c4)cc3CCCCCC)s2)s1. The van der Waals surface area contributed by atoms with Crippen molar-refractivity contribution in [3.63, 3.8) is 0 Å². The maximum Gasteiger partial charge on any atom is 0.129 e. The van der Waals surface area contributed by atoms with Crippen LogP contribution < -0.4 is 0 Å². The lowest BCUT2D eigenvalue weighted by Gasteiger charge is -2.08. The van der Waals surface area contributed by atoms with Gasteiger partial charge in [-0.25, -0.2) is 0 Å². The molecule has 12 aromatic heterocycles. The quantitative estimate of drug-likeness (QED) is 0.0203. The molecule has 1 aromatic carbocycles. The topological polar surface area (TPSA) is 0 Å². The van der Waals surface area contributed by atoms with Gasteiger partial charge in [0.05, 0.1) is 4.88 Å². The van der Waals surface area contributed by atoms with Crippen molar-refractivity contribution in [2.45, 2.75) is 254 Å².